The highest BCUT2D eigenvalue weighted by Crippen LogP contribution is 1.74. The van der Waals surface area contributed by atoms with E-state index in [1.54, 1.807) is 0 Å². The first-order valence-electron chi connectivity index (χ1n) is 1.71. The first-order valence-corrected chi connectivity index (χ1v) is 3.32. The zero-order chi connectivity index (χ0) is 5.91. The molecule has 0 aromatic carbocycles. The van der Waals surface area contributed by atoms with Gasteiger partial charge in [0.2, 0.25) is 0 Å². The van der Waals surface area contributed by atoms with Crippen LogP contribution in [0.3, 0.4) is 0 Å². The second-order valence-electron chi connectivity index (χ2n) is 1.07. The van der Waals surface area contributed by atoms with Crippen molar-refractivity contribution in [2.75, 3.05) is 12.3 Å². The van der Waals surface area contributed by atoms with Crippen LogP contribution in [0.4, 0.5) is 0 Å². The van der Waals surface area contributed by atoms with Crippen LogP contribution >= 0.6 is 0 Å². The van der Waals surface area contributed by atoms with Crippen LogP contribution in [0.15, 0.2) is 0 Å². The lowest BCUT2D eigenvalue weighted by Crippen LogP contribution is -2.13. The highest BCUT2D eigenvalue weighted by molar-refractivity contribution is 7.85. The SMILES string of the molecule is NCCS(=O)(=O)O.[MgH2]. The third-order valence-electron chi connectivity index (χ3n) is 0.376. The molecule has 3 N–H and O–H groups in total. The van der Waals surface area contributed by atoms with E-state index in [1.165, 1.54) is 0 Å². The minimum Gasteiger partial charge on any atom is -0.329 e. The van der Waals surface area contributed by atoms with Gasteiger partial charge in [0.1, 0.15) is 0 Å². The summed E-state index contributed by atoms with van der Waals surface area (Å²) in [6.45, 7) is -0.0289. The van der Waals surface area contributed by atoms with Gasteiger partial charge in [-0.1, -0.05) is 0 Å². The molecule has 48 valence electrons. The van der Waals surface area contributed by atoms with Gasteiger partial charge in [0.25, 0.3) is 10.1 Å². The van der Waals surface area contributed by atoms with Crippen LogP contribution in [0.5, 0.6) is 0 Å². The van der Waals surface area contributed by atoms with Crippen LogP contribution in [0.1, 0.15) is 0 Å². The average molecular weight is 151 g/mol. The van der Waals surface area contributed by atoms with Crippen LogP contribution in [0.2, 0.25) is 0 Å². The smallest absolute Gasteiger partial charge is 0.316 e. The quantitative estimate of drug-likeness (QED) is 0.351. The topological polar surface area (TPSA) is 80.4 Å². The fourth-order valence-corrected chi connectivity index (χ4v) is 0.447. The van der Waals surface area contributed by atoms with Crippen LogP contribution in [-0.2, 0) is 10.1 Å². The van der Waals surface area contributed by atoms with Crippen molar-refractivity contribution in [1.29, 1.82) is 0 Å². The van der Waals surface area contributed by atoms with E-state index in [2.05, 4.69) is 0 Å². The Labute approximate surface area is 64.3 Å². The van der Waals surface area contributed by atoms with Crippen LogP contribution in [-0.4, -0.2) is 48.3 Å². The van der Waals surface area contributed by atoms with Crippen molar-refractivity contribution in [3.8, 4) is 0 Å². The number of rotatable bonds is 2. The minimum absolute atomic E-state index is 0. The standard InChI is InChI=1S/C2H7NO3S.Mg.2H/c3-1-2-7(4,5)6;;;/h1-3H2,(H,4,5,6);;;. The molecule has 0 aliphatic heterocycles. The van der Waals surface area contributed by atoms with E-state index >= 15 is 0 Å². The zero-order valence-electron chi connectivity index (χ0n) is 3.66. The van der Waals surface area contributed by atoms with Gasteiger partial charge in [-0.3, -0.25) is 4.55 Å². The summed E-state index contributed by atoms with van der Waals surface area (Å²) in [6.07, 6.45) is 0. The predicted octanol–water partition coefficient (Wildman–Crippen LogP) is -2.08. The molecule has 0 aliphatic carbocycles. The molecule has 0 saturated carbocycles. The molecule has 0 spiro atoms. The number of hydrogen-bond acceptors (Lipinski definition) is 3. The van der Waals surface area contributed by atoms with Gasteiger partial charge in [0.05, 0.1) is 5.75 Å². The first-order chi connectivity index (χ1) is 3.06. The van der Waals surface area contributed by atoms with Crippen molar-refractivity contribution >= 4 is 33.2 Å². The molecule has 4 nitrogen and oxygen atoms in total. The molecule has 0 unspecified atom stereocenters. The van der Waals surface area contributed by atoms with E-state index < -0.39 is 10.1 Å². The summed E-state index contributed by atoms with van der Waals surface area (Å²) in [5.74, 6) is -0.354. The number of hydrogen-bond donors (Lipinski definition) is 2. The van der Waals surface area contributed by atoms with Crippen molar-refractivity contribution in [2.45, 2.75) is 0 Å². The molecule has 0 aliphatic rings. The molecular weight excluding hydrogens is 142 g/mol. The third-order valence-corrected chi connectivity index (χ3v) is 1.13. The van der Waals surface area contributed by atoms with Gasteiger partial charge in [-0.25, -0.2) is 0 Å². The van der Waals surface area contributed by atoms with E-state index in [-0.39, 0.29) is 35.4 Å². The fourth-order valence-electron chi connectivity index (χ4n) is 0.149. The molecule has 0 radical (unpaired) electrons. The van der Waals surface area contributed by atoms with Crippen LogP contribution in [0, 0.1) is 0 Å². The van der Waals surface area contributed by atoms with Gasteiger partial charge in [0, 0.05) is 6.54 Å². The van der Waals surface area contributed by atoms with Crippen molar-refractivity contribution in [1.82, 2.24) is 0 Å². The lowest BCUT2D eigenvalue weighted by atomic mass is 10.8. The Hall–Kier alpha value is 0.636. The van der Waals surface area contributed by atoms with E-state index in [1.807, 2.05) is 0 Å². The number of nitrogens with two attached hydrogens (primary N) is 1. The lowest BCUT2D eigenvalue weighted by Gasteiger charge is -1.86. The van der Waals surface area contributed by atoms with E-state index in [0.717, 1.165) is 0 Å². The third kappa shape index (κ3) is 9.81. The van der Waals surface area contributed by atoms with Crippen molar-refractivity contribution in [3.05, 3.63) is 0 Å². The maximum absolute atomic E-state index is 9.71. The Kier molecular flexibility index (Phi) is 6.45. The molecule has 0 fully saturated rings. The highest BCUT2D eigenvalue weighted by atomic mass is 32.2. The molecule has 0 bridgehead atoms. The second kappa shape index (κ2) is 4.51. The molecule has 8 heavy (non-hydrogen) atoms. The van der Waals surface area contributed by atoms with Gasteiger partial charge in [-0.05, 0) is 0 Å². The summed E-state index contributed by atoms with van der Waals surface area (Å²) in [7, 11) is -3.80. The summed E-state index contributed by atoms with van der Waals surface area (Å²) in [5, 5.41) is 0. The molecule has 0 atom stereocenters. The molecular formula is C2H9MgNO3S. The predicted molar refractivity (Wildman–Crippen MR) is 34.0 cm³/mol. The Balaban J connectivity index is 0. The van der Waals surface area contributed by atoms with E-state index in [4.69, 9.17) is 10.3 Å². The maximum atomic E-state index is 9.71. The molecule has 0 amide bonds. The Bertz CT molecular complexity index is 130. The van der Waals surface area contributed by atoms with Crippen molar-refractivity contribution in [2.24, 2.45) is 5.73 Å². The Morgan fingerprint density at radius 2 is 1.88 bits per heavy atom. The highest BCUT2D eigenvalue weighted by Gasteiger charge is 1.98. The molecule has 0 saturated heterocycles. The van der Waals surface area contributed by atoms with E-state index in [0.29, 0.717) is 0 Å². The van der Waals surface area contributed by atoms with Crippen molar-refractivity contribution < 1.29 is 13.0 Å². The van der Waals surface area contributed by atoms with Crippen molar-refractivity contribution in [3.63, 3.8) is 0 Å². The summed E-state index contributed by atoms with van der Waals surface area (Å²) < 4.78 is 27.3. The fraction of sp³-hybridized carbons (Fsp3) is 1.00. The Morgan fingerprint density at radius 1 is 1.50 bits per heavy atom. The van der Waals surface area contributed by atoms with Gasteiger partial charge in [0.15, 0.2) is 0 Å². The molecule has 0 heterocycles. The minimum atomic E-state index is -3.80. The van der Waals surface area contributed by atoms with E-state index in [9.17, 15) is 8.42 Å². The lowest BCUT2D eigenvalue weighted by molar-refractivity contribution is 0.483. The largest absolute Gasteiger partial charge is 0.329 e. The average Bonchev–Trinajstić information content (AvgIpc) is 1.30. The normalized spacial score (nSPS) is 10.2. The summed E-state index contributed by atoms with van der Waals surface area (Å²) in [5.41, 5.74) is 4.78. The summed E-state index contributed by atoms with van der Waals surface area (Å²) in [6, 6.07) is 0. The first kappa shape index (κ1) is 11.4. The maximum Gasteiger partial charge on any atom is 0.316 e. The van der Waals surface area contributed by atoms with Gasteiger partial charge in [-0.15, -0.1) is 0 Å². The molecule has 0 aromatic rings. The van der Waals surface area contributed by atoms with Gasteiger partial charge < -0.3 is 5.73 Å². The van der Waals surface area contributed by atoms with Crippen LogP contribution in [0.25, 0.3) is 0 Å². The Morgan fingerprint density at radius 3 is 1.88 bits per heavy atom. The summed E-state index contributed by atoms with van der Waals surface area (Å²) in [4.78, 5) is 0. The van der Waals surface area contributed by atoms with Crippen LogP contribution < -0.4 is 5.73 Å². The van der Waals surface area contributed by atoms with Gasteiger partial charge >= 0.3 is 23.1 Å². The second-order valence-corrected chi connectivity index (χ2v) is 2.65. The molecule has 6 heteroatoms. The zero-order valence-corrected chi connectivity index (χ0v) is 4.48. The molecule has 0 rings (SSSR count). The molecule has 0 aromatic heterocycles. The monoisotopic (exact) mass is 151 g/mol. The summed E-state index contributed by atoms with van der Waals surface area (Å²) >= 11 is 0. The van der Waals surface area contributed by atoms with Gasteiger partial charge in [-0.2, -0.15) is 8.42 Å².